The number of allylic oxidation sites excluding steroid dienone is 2. The van der Waals surface area contributed by atoms with E-state index in [2.05, 4.69) is 0 Å². The van der Waals surface area contributed by atoms with Crippen molar-refractivity contribution in [2.45, 2.75) is 14.1 Å². The second-order valence-electron chi connectivity index (χ2n) is 8.76. The number of benzene rings is 2. The Kier molecular flexibility index (Phi) is 7.02. The average Bonchev–Trinajstić information content (AvgIpc) is 3.25. The highest BCUT2D eigenvalue weighted by Crippen LogP contribution is 2.77. The fourth-order valence-corrected chi connectivity index (χ4v) is 8.45. The van der Waals surface area contributed by atoms with E-state index in [1.54, 1.807) is 0 Å². The summed E-state index contributed by atoms with van der Waals surface area (Å²) in [5, 5.41) is 0.0801. The van der Waals surface area contributed by atoms with E-state index >= 15 is 0 Å². The summed E-state index contributed by atoms with van der Waals surface area (Å²) < 4.78 is 3.04. The van der Waals surface area contributed by atoms with E-state index < -0.39 is 56.1 Å². The van der Waals surface area contributed by atoms with Crippen LogP contribution in [0.15, 0.2) is 52.5 Å². The van der Waals surface area contributed by atoms with Gasteiger partial charge in [-0.25, -0.2) is 9.69 Å². The first-order valence-corrected chi connectivity index (χ1v) is 13.7. The van der Waals surface area contributed by atoms with Gasteiger partial charge in [-0.05, 0) is 42.5 Å². The minimum Gasteiger partial charge on any atom is -0.454 e. The molecule has 1 saturated heterocycles. The molecule has 1 saturated carbocycles. The standard InChI is InChI=1S/C24H11Cl8NO5/c25-10-3-6-12(13(26)7-10)14(34)8-38-21(37)9-1-4-11(5-2-9)33-19(35)15-16(20(33)36)23(30)18(28)17(27)22(15,29)24(23,31)32/h1-7,15-16H,8H2/t15-,16-,22+,23+/m1/s1. The third-order valence-electron chi connectivity index (χ3n) is 6.84. The van der Waals surface area contributed by atoms with Crippen molar-refractivity contribution < 1.29 is 23.9 Å². The van der Waals surface area contributed by atoms with E-state index in [4.69, 9.17) is 97.5 Å². The Balaban J connectivity index is 1.34. The van der Waals surface area contributed by atoms with Gasteiger partial charge >= 0.3 is 5.97 Å². The predicted molar refractivity (Wildman–Crippen MR) is 147 cm³/mol. The molecule has 0 aromatic heterocycles. The summed E-state index contributed by atoms with van der Waals surface area (Å²) in [6.45, 7) is -0.572. The highest BCUT2D eigenvalue weighted by Gasteiger charge is 2.87. The fourth-order valence-electron chi connectivity index (χ4n) is 5.00. The van der Waals surface area contributed by atoms with Gasteiger partial charge in [0.25, 0.3) is 0 Å². The summed E-state index contributed by atoms with van der Waals surface area (Å²) in [4.78, 5) is 48.7. The lowest BCUT2D eigenvalue weighted by molar-refractivity contribution is -0.123. The van der Waals surface area contributed by atoms with E-state index in [1.807, 2.05) is 0 Å². The Hall–Kier alpha value is -1.22. The number of alkyl halides is 4. The second-order valence-corrected chi connectivity index (χ2v) is 12.9. The number of rotatable bonds is 5. The number of halogens is 8. The van der Waals surface area contributed by atoms with E-state index in [-0.39, 0.29) is 31.9 Å². The molecule has 4 atom stereocenters. The normalized spacial score (nSPS) is 29.2. The fraction of sp³-hybridized carbons (Fsp3) is 0.250. The van der Waals surface area contributed by atoms with Crippen LogP contribution in [0.4, 0.5) is 5.69 Å². The molecule has 2 bridgehead atoms. The summed E-state index contributed by atoms with van der Waals surface area (Å²) in [5.41, 5.74) is 0.322. The lowest BCUT2D eigenvalue weighted by Crippen LogP contribution is -2.50. The number of nitrogens with zero attached hydrogens (tertiary/aromatic N) is 1. The molecule has 2 aromatic rings. The maximum Gasteiger partial charge on any atom is 0.338 e. The van der Waals surface area contributed by atoms with E-state index in [0.717, 1.165) is 4.90 Å². The summed E-state index contributed by atoms with van der Waals surface area (Å²) >= 11 is 50.8. The molecule has 2 aromatic carbocycles. The first kappa shape index (κ1) is 28.3. The summed E-state index contributed by atoms with van der Waals surface area (Å²) in [7, 11) is 0. The van der Waals surface area contributed by atoms with Gasteiger partial charge in [-0.1, -0.05) is 69.6 Å². The van der Waals surface area contributed by atoms with Gasteiger partial charge in [-0.15, -0.1) is 23.2 Å². The Labute approximate surface area is 255 Å². The number of Topliss-reactive ketones (excluding diaryl/α,β-unsaturated/α-hetero) is 1. The molecule has 0 N–H and O–H groups in total. The lowest BCUT2D eigenvalue weighted by atomic mass is 9.84. The summed E-state index contributed by atoms with van der Waals surface area (Å²) in [6.07, 6.45) is 0. The van der Waals surface area contributed by atoms with Crippen LogP contribution in [0.1, 0.15) is 20.7 Å². The van der Waals surface area contributed by atoms with Crippen LogP contribution in [0.3, 0.4) is 0 Å². The Morgan fingerprint density at radius 2 is 1.34 bits per heavy atom. The maximum absolute atomic E-state index is 13.4. The van der Waals surface area contributed by atoms with Crippen LogP contribution in [0, 0.1) is 11.8 Å². The van der Waals surface area contributed by atoms with Crippen LogP contribution in [-0.2, 0) is 14.3 Å². The van der Waals surface area contributed by atoms with Gasteiger partial charge in [-0.2, -0.15) is 0 Å². The van der Waals surface area contributed by atoms with Crippen molar-refractivity contribution in [3.63, 3.8) is 0 Å². The molecule has 0 radical (unpaired) electrons. The molecule has 3 aliphatic rings. The number of hydrogen-bond donors (Lipinski definition) is 0. The number of anilines is 1. The number of amides is 2. The van der Waals surface area contributed by atoms with Crippen LogP contribution in [0.2, 0.25) is 10.0 Å². The minimum absolute atomic E-state index is 0.0547. The van der Waals surface area contributed by atoms with Crippen LogP contribution in [0.5, 0.6) is 0 Å². The summed E-state index contributed by atoms with van der Waals surface area (Å²) in [6, 6.07) is 9.64. The zero-order valence-corrected chi connectivity index (χ0v) is 24.5. The monoisotopic (exact) mass is 673 g/mol. The van der Waals surface area contributed by atoms with Crippen LogP contribution < -0.4 is 4.90 Å². The van der Waals surface area contributed by atoms with Crippen molar-refractivity contribution in [3.05, 3.63) is 73.7 Å². The Morgan fingerprint density at radius 1 is 0.816 bits per heavy atom. The molecular formula is C24H11Cl8NO5. The number of fused-ring (bicyclic) bond motifs is 5. The number of hydrogen-bond acceptors (Lipinski definition) is 5. The number of carbonyl (C=O) groups excluding carboxylic acids is 4. The van der Waals surface area contributed by atoms with Crippen LogP contribution >= 0.6 is 92.8 Å². The van der Waals surface area contributed by atoms with Crippen molar-refractivity contribution in [1.82, 2.24) is 0 Å². The smallest absolute Gasteiger partial charge is 0.338 e. The van der Waals surface area contributed by atoms with Crippen LogP contribution in [-0.4, -0.2) is 44.3 Å². The van der Waals surface area contributed by atoms with Crippen LogP contribution in [0.25, 0.3) is 0 Å². The molecule has 198 valence electrons. The van der Waals surface area contributed by atoms with Gasteiger partial charge in [-0.3, -0.25) is 14.4 Å². The van der Waals surface area contributed by atoms with E-state index in [0.29, 0.717) is 5.02 Å². The topological polar surface area (TPSA) is 80.8 Å². The molecular weight excluding hydrogens is 666 g/mol. The van der Waals surface area contributed by atoms with Gasteiger partial charge in [0.15, 0.2) is 10.9 Å². The first-order valence-electron chi connectivity index (χ1n) is 10.6. The molecule has 0 unspecified atom stereocenters. The molecule has 38 heavy (non-hydrogen) atoms. The van der Waals surface area contributed by atoms with Gasteiger partial charge in [0.05, 0.1) is 38.2 Å². The molecule has 1 aliphatic heterocycles. The first-order chi connectivity index (χ1) is 17.7. The molecule has 2 fully saturated rings. The third kappa shape index (κ3) is 3.61. The van der Waals surface area contributed by atoms with Crippen molar-refractivity contribution in [1.29, 1.82) is 0 Å². The van der Waals surface area contributed by atoms with E-state index in [9.17, 15) is 19.2 Å². The number of ether oxygens (including phenoxy) is 1. The maximum atomic E-state index is 13.4. The quantitative estimate of drug-likeness (QED) is 0.148. The Bertz CT molecular complexity index is 1430. The Morgan fingerprint density at radius 3 is 1.84 bits per heavy atom. The summed E-state index contributed by atoms with van der Waals surface area (Å²) in [5.74, 6) is -5.38. The molecule has 2 amide bonds. The molecule has 5 rings (SSSR count). The number of ketones is 1. The highest BCUT2D eigenvalue weighted by atomic mass is 35.5. The van der Waals surface area contributed by atoms with Crippen molar-refractivity contribution in [3.8, 4) is 0 Å². The molecule has 2 aliphatic carbocycles. The highest BCUT2D eigenvalue weighted by molar-refractivity contribution is 6.67. The number of carbonyl (C=O) groups is 4. The van der Waals surface area contributed by atoms with Gasteiger partial charge in [0.1, 0.15) is 9.75 Å². The molecule has 1 heterocycles. The number of imide groups is 1. The lowest BCUT2D eigenvalue weighted by Gasteiger charge is -2.34. The minimum atomic E-state index is -2.04. The third-order valence-corrected chi connectivity index (χ3v) is 11.6. The zero-order valence-electron chi connectivity index (χ0n) is 18.4. The van der Waals surface area contributed by atoms with Crippen molar-refractivity contribution in [2.24, 2.45) is 11.8 Å². The molecule has 6 nitrogen and oxygen atoms in total. The zero-order chi connectivity index (χ0) is 27.9. The van der Waals surface area contributed by atoms with Crippen molar-refractivity contribution in [2.75, 3.05) is 11.5 Å². The predicted octanol–water partition coefficient (Wildman–Crippen LogP) is 6.98. The molecule has 0 spiro atoms. The largest absolute Gasteiger partial charge is 0.454 e. The molecule has 14 heteroatoms. The van der Waals surface area contributed by atoms with Crippen molar-refractivity contribution >= 4 is 122 Å². The van der Waals surface area contributed by atoms with Gasteiger partial charge in [0.2, 0.25) is 17.6 Å². The SMILES string of the molecule is O=C(OCC(=O)c1ccc(Cl)cc1Cl)c1ccc(N2C(=O)[C@H]3[C@H](C2=O)[C@]2(Cl)C(Cl)=C(Cl)[C@]3(Cl)C2(Cl)Cl)cc1. The van der Waals surface area contributed by atoms with E-state index in [1.165, 1.54) is 42.5 Å². The second kappa shape index (κ2) is 9.42. The number of esters is 1. The van der Waals surface area contributed by atoms with Gasteiger partial charge in [0, 0.05) is 10.6 Å². The average molecular weight is 677 g/mol. The van der Waals surface area contributed by atoms with Gasteiger partial charge < -0.3 is 4.74 Å².